The lowest BCUT2D eigenvalue weighted by Gasteiger charge is -2.40. The van der Waals surface area contributed by atoms with Crippen molar-refractivity contribution in [3.05, 3.63) is 52.8 Å². The summed E-state index contributed by atoms with van der Waals surface area (Å²) in [5.41, 5.74) is 0.160. The van der Waals surface area contributed by atoms with Crippen LogP contribution in [-0.4, -0.2) is 16.4 Å². The molecule has 0 amide bonds. The zero-order chi connectivity index (χ0) is 15.9. The lowest BCUT2D eigenvalue weighted by molar-refractivity contribution is 0.110. The van der Waals surface area contributed by atoms with E-state index in [1.54, 1.807) is 22.5 Å². The van der Waals surface area contributed by atoms with Crippen LogP contribution in [0.4, 0.5) is 10.1 Å². The third-order valence-corrected chi connectivity index (χ3v) is 5.40. The fourth-order valence-corrected chi connectivity index (χ4v) is 4.24. The predicted octanol–water partition coefficient (Wildman–Crippen LogP) is 4.29. The second-order valence-electron chi connectivity index (χ2n) is 5.67. The van der Waals surface area contributed by atoms with Gasteiger partial charge in [0, 0.05) is 0 Å². The van der Waals surface area contributed by atoms with Crippen molar-refractivity contribution < 1.29 is 13.3 Å². The maximum Gasteiger partial charge on any atom is 0.158 e. The summed E-state index contributed by atoms with van der Waals surface area (Å²) in [4.78, 5) is 0.172. The van der Waals surface area contributed by atoms with Gasteiger partial charge in [-0.2, -0.15) is 0 Å². The highest BCUT2D eigenvalue weighted by Gasteiger charge is 2.36. The van der Waals surface area contributed by atoms with Gasteiger partial charge in [0.15, 0.2) is 16.7 Å². The van der Waals surface area contributed by atoms with Gasteiger partial charge < -0.3 is 4.74 Å². The number of hydrogen-bond acceptors (Lipinski definition) is 2. The number of benzene rings is 2. The first-order chi connectivity index (χ1) is 10.4. The molecule has 1 unspecified atom stereocenters. The lowest BCUT2D eigenvalue weighted by atomic mass is 10.1. The Morgan fingerprint density at radius 1 is 1.23 bits per heavy atom. The van der Waals surface area contributed by atoms with E-state index in [0.29, 0.717) is 18.0 Å². The van der Waals surface area contributed by atoms with Crippen molar-refractivity contribution in [3.63, 3.8) is 0 Å². The van der Waals surface area contributed by atoms with Crippen LogP contribution in [0.25, 0.3) is 0 Å². The van der Waals surface area contributed by atoms with E-state index in [1.165, 1.54) is 6.07 Å². The molecule has 6 heteroatoms. The van der Waals surface area contributed by atoms with Crippen molar-refractivity contribution in [2.45, 2.75) is 24.3 Å². The highest BCUT2D eigenvalue weighted by atomic mass is 79.9. The average molecular weight is 384 g/mol. The van der Waals surface area contributed by atoms with Crippen molar-refractivity contribution in [3.8, 4) is 5.75 Å². The first kappa shape index (κ1) is 15.5. The van der Waals surface area contributed by atoms with Gasteiger partial charge in [-0.3, -0.25) is 4.31 Å². The Bertz CT molecular complexity index is 751. The molecule has 3 nitrogen and oxygen atoms in total. The highest BCUT2D eigenvalue weighted by Crippen LogP contribution is 2.43. The van der Waals surface area contributed by atoms with Crippen LogP contribution in [0.5, 0.6) is 5.75 Å². The van der Waals surface area contributed by atoms with Gasteiger partial charge in [0.2, 0.25) is 0 Å². The summed E-state index contributed by atoms with van der Waals surface area (Å²) in [5.74, 6) is 0.158. The van der Waals surface area contributed by atoms with E-state index in [1.807, 2.05) is 32.0 Å². The number of hydrogen-bond donors (Lipinski definition) is 0. The van der Waals surface area contributed by atoms with Crippen LogP contribution in [0.1, 0.15) is 13.8 Å². The minimum atomic E-state index is -1.64. The Labute approximate surface area is 139 Å². The number of para-hydroxylation sites is 1. The topological polar surface area (TPSA) is 29.5 Å². The highest BCUT2D eigenvalue weighted by molar-refractivity contribution is 9.10. The summed E-state index contributed by atoms with van der Waals surface area (Å²) in [6.07, 6.45) is 0. The molecule has 116 valence electrons. The number of rotatable bonds is 2. The summed E-state index contributed by atoms with van der Waals surface area (Å²) in [7, 11) is -1.64. The van der Waals surface area contributed by atoms with E-state index >= 15 is 0 Å². The predicted molar refractivity (Wildman–Crippen MR) is 89.0 cm³/mol. The molecule has 1 heterocycles. The average Bonchev–Trinajstić information content (AvgIpc) is 2.47. The minimum Gasteiger partial charge on any atom is -0.483 e. The van der Waals surface area contributed by atoms with Crippen LogP contribution in [0, 0.1) is 5.82 Å². The number of ether oxygens (including phenoxy) is 1. The molecule has 3 rings (SSSR count). The molecule has 1 atom stereocenters. The molecule has 2 aromatic carbocycles. The second kappa shape index (κ2) is 5.66. The van der Waals surface area contributed by atoms with Crippen molar-refractivity contribution in [2.24, 2.45) is 0 Å². The lowest BCUT2D eigenvalue weighted by Crippen LogP contribution is -2.47. The quantitative estimate of drug-likeness (QED) is 0.773. The maximum atomic E-state index is 14.0. The first-order valence-corrected chi connectivity index (χ1v) is 8.70. The second-order valence-corrected chi connectivity index (χ2v) is 7.90. The minimum absolute atomic E-state index is 0.172. The van der Waals surface area contributed by atoms with Gasteiger partial charge in [-0.1, -0.05) is 18.2 Å². The van der Waals surface area contributed by atoms with E-state index in [0.717, 1.165) is 4.47 Å². The van der Waals surface area contributed by atoms with Gasteiger partial charge in [0.1, 0.15) is 11.4 Å². The van der Waals surface area contributed by atoms with Gasteiger partial charge in [0.25, 0.3) is 0 Å². The first-order valence-electron chi connectivity index (χ1n) is 6.80. The van der Waals surface area contributed by atoms with Gasteiger partial charge in [-0.05, 0) is 54.0 Å². The van der Waals surface area contributed by atoms with Crippen LogP contribution in [-0.2, 0) is 11.0 Å². The third-order valence-electron chi connectivity index (χ3n) is 3.34. The van der Waals surface area contributed by atoms with Gasteiger partial charge in [-0.15, -0.1) is 0 Å². The Morgan fingerprint density at radius 3 is 2.68 bits per heavy atom. The van der Waals surface area contributed by atoms with Crippen LogP contribution in [0.15, 0.2) is 51.8 Å². The third kappa shape index (κ3) is 2.77. The summed E-state index contributed by atoms with van der Waals surface area (Å²) in [5, 5.41) is 0. The molecule has 0 radical (unpaired) electrons. The Balaban J connectivity index is 2.10. The van der Waals surface area contributed by atoms with E-state index < -0.39 is 22.4 Å². The van der Waals surface area contributed by atoms with E-state index in [4.69, 9.17) is 4.74 Å². The fourth-order valence-electron chi connectivity index (χ4n) is 2.39. The molecule has 0 spiro atoms. The number of nitrogens with zero attached hydrogens (tertiary/aromatic N) is 1. The van der Waals surface area contributed by atoms with Crippen LogP contribution < -0.4 is 9.04 Å². The molecule has 2 aromatic rings. The van der Waals surface area contributed by atoms with E-state index in [9.17, 15) is 8.60 Å². The molecular weight excluding hydrogens is 369 g/mol. The molecule has 0 saturated heterocycles. The molecule has 0 aliphatic carbocycles. The summed E-state index contributed by atoms with van der Waals surface area (Å²) >= 11 is 3.46. The van der Waals surface area contributed by atoms with E-state index in [-0.39, 0.29) is 4.90 Å². The van der Waals surface area contributed by atoms with Crippen molar-refractivity contribution >= 4 is 32.6 Å². The molecule has 0 bridgehead atoms. The van der Waals surface area contributed by atoms with E-state index in [2.05, 4.69) is 15.9 Å². The molecule has 1 aliphatic rings. The zero-order valence-corrected chi connectivity index (χ0v) is 14.6. The van der Waals surface area contributed by atoms with Crippen LogP contribution in [0.3, 0.4) is 0 Å². The largest absolute Gasteiger partial charge is 0.483 e. The Hall–Kier alpha value is -1.40. The Kier molecular flexibility index (Phi) is 3.99. The van der Waals surface area contributed by atoms with Gasteiger partial charge in [-0.25, -0.2) is 8.60 Å². The summed E-state index contributed by atoms with van der Waals surface area (Å²) in [6.45, 7) is 4.24. The van der Waals surface area contributed by atoms with Crippen molar-refractivity contribution in [1.82, 2.24) is 0 Å². The SMILES string of the molecule is CC1(C)CN(S(=O)c2ccccc2F)c2cccc(Br)c2O1. The zero-order valence-electron chi connectivity index (χ0n) is 12.2. The summed E-state index contributed by atoms with van der Waals surface area (Å²) < 4.78 is 35.3. The smallest absolute Gasteiger partial charge is 0.158 e. The maximum absolute atomic E-state index is 14.0. The van der Waals surface area contributed by atoms with Gasteiger partial charge in [0.05, 0.1) is 21.6 Å². The van der Waals surface area contributed by atoms with Crippen LogP contribution in [0.2, 0.25) is 0 Å². The van der Waals surface area contributed by atoms with Gasteiger partial charge >= 0.3 is 0 Å². The molecule has 1 aliphatic heterocycles. The standard InChI is InChI=1S/C16H15BrFNO2S/c1-16(2)10-19(13-8-5-6-11(17)15(13)21-16)22(20)14-9-4-3-7-12(14)18/h3-9H,10H2,1-2H3. The fraction of sp³-hybridized carbons (Fsp3) is 0.250. The van der Waals surface area contributed by atoms with Crippen LogP contribution >= 0.6 is 15.9 Å². The number of anilines is 1. The van der Waals surface area contributed by atoms with Crippen molar-refractivity contribution in [1.29, 1.82) is 0 Å². The number of fused-ring (bicyclic) bond motifs is 1. The molecule has 0 saturated carbocycles. The molecular formula is C16H15BrFNO2S. The Morgan fingerprint density at radius 2 is 1.95 bits per heavy atom. The molecule has 22 heavy (non-hydrogen) atoms. The number of halogens is 2. The normalized spacial score (nSPS) is 17.5. The molecule has 0 N–H and O–H groups in total. The van der Waals surface area contributed by atoms with Crippen molar-refractivity contribution in [2.75, 3.05) is 10.8 Å². The molecule has 0 aromatic heterocycles. The monoisotopic (exact) mass is 383 g/mol. The molecule has 0 fully saturated rings. The summed E-state index contributed by atoms with van der Waals surface area (Å²) in [6, 6.07) is 11.7.